The van der Waals surface area contributed by atoms with Crippen molar-refractivity contribution in [2.45, 2.75) is 38.6 Å². The molecule has 0 radical (unpaired) electrons. The standard InChI is InChI=1S/C26H29N7O4/c27-13-20-14-28-23(12-22(20)31-6-1-2-7-31)30-26(36)33-9-3-5-18-11-19(21(16-34)29-25(18)33)15-32-8-4-10-37-17-24(32)35/h11-12,14,16H,1-10,15,17H2,(H,28,30,36). The van der Waals surface area contributed by atoms with Crippen molar-refractivity contribution in [1.82, 2.24) is 14.9 Å². The molecule has 3 aliphatic heterocycles. The van der Waals surface area contributed by atoms with Gasteiger partial charge in [0.15, 0.2) is 6.29 Å². The molecule has 2 fully saturated rings. The van der Waals surface area contributed by atoms with E-state index in [1.54, 1.807) is 11.0 Å². The van der Waals surface area contributed by atoms with Crippen molar-refractivity contribution in [3.63, 3.8) is 0 Å². The summed E-state index contributed by atoms with van der Waals surface area (Å²) in [5.41, 5.74) is 2.97. The number of amides is 3. The van der Waals surface area contributed by atoms with Crippen molar-refractivity contribution in [3.05, 3.63) is 40.7 Å². The lowest BCUT2D eigenvalue weighted by Gasteiger charge is -2.30. The minimum atomic E-state index is -0.400. The van der Waals surface area contributed by atoms with E-state index >= 15 is 0 Å². The highest BCUT2D eigenvalue weighted by molar-refractivity contribution is 6.02. The van der Waals surface area contributed by atoms with Crippen LogP contribution in [0.1, 0.15) is 52.9 Å². The fourth-order valence-electron chi connectivity index (χ4n) is 5.09. The Balaban J connectivity index is 1.37. The van der Waals surface area contributed by atoms with Crippen molar-refractivity contribution in [2.75, 3.05) is 54.5 Å². The molecular weight excluding hydrogens is 474 g/mol. The molecule has 2 saturated heterocycles. The van der Waals surface area contributed by atoms with Gasteiger partial charge in [-0.2, -0.15) is 5.26 Å². The van der Waals surface area contributed by atoms with Crippen molar-refractivity contribution in [1.29, 1.82) is 5.26 Å². The SMILES string of the molecule is N#Cc1cnc(NC(=O)N2CCCc3cc(CN4CCCOCC4=O)c(C=O)nc32)cc1N1CCCC1. The van der Waals surface area contributed by atoms with Crippen LogP contribution < -0.4 is 15.1 Å². The molecule has 5 rings (SSSR count). The predicted octanol–water partition coefficient (Wildman–Crippen LogP) is 2.49. The number of nitrogens with one attached hydrogen (secondary N) is 1. The molecule has 37 heavy (non-hydrogen) atoms. The third-order valence-electron chi connectivity index (χ3n) is 6.97. The summed E-state index contributed by atoms with van der Waals surface area (Å²) in [6, 6.07) is 5.40. The van der Waals surface area contributed by atoms with E-state index in [-0.39, 0.29) is 24.8 Å². The van der Waals surface area contributed by atoms with Gasteiger partial charge < -0.3 is 14.5 Å². The van der Waals surface area contributed by atoms with Crippen LogP contribution in [0.5, 0.6) is 0 Å². The van der Waals surface area contributed by atoms with E-state index in [2.05, 4.69) is 26.3 Å². The molecule has 0 bridgehead atoms. The number of hydrogen-bond acceptors (Lipinski definition) is 8. The van der Waals surface area contributed by atoms with Crippen LogP contribution in [0.15, 0.2) is 18.3 Å². The Morgan fingerprint density at radius 1 is 1.16 bits per heavy atom. The summed E-state index contributed by atoms with van der Waals surface area (Å²) < 4.78 is 5.31. The van der Waals surface area contributed by atoms with E-state index in [1.807, 2.05) is 6.07 Å². The number of aldehydes is 1. The van der Waals surface area contributed by atoms with E-state index < -0.39 is 6.03 Å². The second-order valence-corrected chi connectivity index (χ2v) is 9.43. The summed E-state index contributed by atoms with van der Waals surface area (Å²) in [6.45, 7) is 3.57. The lowest BCUT2D eigenvalue weighted by molar-refractivity contribution is -0.134. The van der Waals surface area contributed by atoms with Crippen LogP contribution in [0.3, 0.4) is 0 Å². The van der Waals surface area contributed by atoms with Crippen LogP contribution in [-0.4, -0.2) is 72.5 Å². The number of hydrogen-bond donors (Lipinski definition) is 1. The molecule has 0 aliphatic carbocycles. The average molecular weight is 504 g/mol. The maximum Gasteiger partial charge on any atom is 0.328 e. The normalized spacial score (nSPS) is 17.7. The summed E-state index contributed by atoms with van der Waals surface area (Å²) in [7, 11) is 0. The summed E-state index contributed by atoms with van der Waals surface area (Å²) >= 11 is 0. The number of carbonyl (C=O) groups is 3. The van der Waals surface area contributed by atoms with Gasteiger partial charge in [0, 0.05) is 57.2 Å². The third kappa shape index (κ3) is 5.24. The Hall–Kier alpha value is -4.04. The molecule has 11 nitrogen and oxygen atoms in total. The van der Waals surface area contributed by atoms with Crippen molar-refractivity contribution >= 4 is 35.5 Å². The highest BCUT2D eigenvalue weighted by Gasteiger charge is 2.28. The number of pyridine rings is 2. The minimum absolute atomic E-state index is 0.0333. The first kappa shape index (κ1) is 24.6. The van der Waals surface area contributed by atoms with Gasteiger partial charge in [0.1, 0.15) is 30.0 Å². The third-order valence-corrected chi connectivity index (χ3v) is 6.97. The molecule has 192 valence electrons. The molecule has 2 aromatic rings. The fraction of sp³-hybridized carbons (Fsp3) is 0.462. The lowest BCUT2D eigenvalue weighted by Crippen LogP contribution is -2.40. The van der Waals surface area contributed by atoms with Gasteiger partial charge in [-0.15, -0.1) is 0 Å². The molecule has 0 spiro atoms. The maximum absolute atomic E-state index is 13.3. The predicted molar refractivity (Wildman–Crippen MR) is 136 cm³/mol. The van der Waals surface area contributed by atoms with Gasteiger partial charge in [-0.05, 0) is 43.7 Å². The Labute approximate surface area is 215 Å². The molecule has 11 heteroatoms. The first-order valence-corrected chi connectivity index (χ1v) is 12.6. The monoisotopic (exact) mass is 503 g/mol. The topological polar surface area (TPSA) is 132 Å². The van der Waals surface area contributed by atoms with Gasteiger partial charge in [-0.25, -0.2) is 14.8 Å². The number of nitriles is 1. The van der Waals surface area contributed by atoms with Gasteiger partial charge >= 0.3 is 6.03 Å². The second kappa shape index (κ2) is 10.9. The van der Waals surface area contributed by atoms with Crippen LogP contribution in [0.2, 0.25) is 0 Å². The van der Waals surface area contributed by atoms with E-state index in [1.165, 1.54) is 11.1 Å². The zero-order valence-corrected chi connectivity index (χ0v) is 20.6. The maximum atomic E-state index is 13.3. The molecule has 0 aromatic carbocycles. The second-order valence-electron chi connectivity index (χ2n) is 9.43. The smallest absolute Gasteiger partial charge is 0.328 e. The number of aromatic nitrogens is 2. The first-order valence-electron chi connectivity index (χ1n) is 12.6. The zero-order valence-electron chi connectivity index (χ0n) is 20.6. The number of nitrogens with zero attached hydrogens (tertiary/aromatic N) is 6. The van der Waals surface area contributed by atoms with E-state index in [9.17, 15) is 19.6 Å². The Kier molecular flexibility index (Phi) is 7.28. The van der Waals surface area contributed by atoms with Gasteiger partial charge in [-0.1, -0.05) is 0 Å². The number of anilines is 3. The van der Waals surface area contributed by atoms with Crippen molar-refractivity contribution in [2.24, 2.45) is 0 Å². The number of aryl methyl sites for hydroxylation is 1. The number of ether oxygens (including phenoxy) is 1. The minimum Gasteiger partial charge on any atom is -0.372 e. The van der Waals surface area contributed by atoms with Crippen LogP contribution >= 0.6 is 0 Å². The number of urea groups is 1. The molecule has 3 amide bonds. The van der Waals surface area contributed by atoms with Gasteiger partial charge in [-0.3, -0.25) is 19.8 Å². The molecule has 1 N–H and O–H groups in total. The van der Waals surface area contributed by atoms with Crippen LogP contribution in [0.4, 0.5) is 22.1 Å². The molecule has 2 aromatic heterocycles. The first-order chi connectivity index (χ1) is 18.1. The van der Waals surface area contributed by atoms with Crippen LogP contribution in [0, 0.1) is 11.3 Å². The lowest BCUT2D eigenvalue weighted by atomic mass is 10.0. The summed E-state index contributed by atoms with van der Waals surface area (Å²) in [5, 5.41) is 12.3. The van der Waals surface area contributed by atoms with E-state index in [4.69, 9.17) is 4.74 Å². The van der Waals surface area contributed by atoms with Gasteiger partial charge in [0.25, 0.3) is 0 Å². The van der Waals surface area contributed by atoms with Gasteiger partial charge in [0.05, 0.1) is 11.3 Å². The molecule has 0 saturated carbocycles. The highest BCUT2D eigenvalue weighted by atomic mass is 16.5. The summed E-state index contributed by atoms with van der Waals surface area (Å²) in [5.74, 6) is 0.678. The fourth-order valence-corrected chi connectivity index (χ4v) is 5.09. The molecule has 0 unspecified atom stereocenters. The number of carbonyl (C=O) groups excluding carboxylic acids is 3. The molecule has 0 atom stereocenters. The van der Waals surface area contributed by atoms with Crippen molar-refractivity contribution < 1.29 is 19.1 Å². The van der Waals surface area contributed by atoms with E-state index in [0.29, 0.717) is 55.2 Å². The van der Waals surface area contributed by atoms with Crippen LogP contribution in [-0.2, 0) is 22.5 Å². The average Bonchev–Trinajstić information content (AvgIpc) is 3.38. The Morgan fingerprint density at radius 2 is 2.00 bits per heavy atom. The Morgan fingerprint density at radius 3 is 2.78 bits per heavy atom. The van der Waals surface area contributed by atoms with E-state index in [0.717, 1.165) is 50.0 Å². The quantitative estimate of drug-likeness (QED) is 0.616. The number of rotatable bonds is 5. The number of fused-ring (bicyclic) bond motifs is 1. The summed E-state index contributed by atoms with van der Waals surface area (Å²) in [6.07, 6.45) is 6.46. The molecule has 3 aliphatic rings. The van der Waals surface area contributed by atoms with Gasteiger partial charge in [0.2, 0.25) is 5.91 Å². The Bertz CT molecular complexity index is 1250. The highest BCUT2D eigenvalue weighted by Crippen LogP contribution is 2.30. The summed E-state index contributed by atoms with van der Waals surface area (Å²) in [4.78, 5) is 51.8. The molecular formula is C26H29N7O4. The zero-order chi connectivity index (χ0) is 25.8. The largest absolute Gasteiger partial charge is 0.372 e. The van der Waals surface area contributed by atoms with Crippen LogP contribution in [0.25, 0.3) is 0 Å². The molecule has 5 heterocycles. The van der Waals surface area contributed by atoms with Crippen molar-refractivity contribution in [3.8, 4) is 6.07 Å².